The Morgan fingerprint density at radius 1 is 1.00 bits per heavy atom. The minimum absolute atomic E-state index is 0.0896. The number of hydrogen-bond acceptors (Lipinski definition) is 1. The van der Waals surface area contributed by atoms with Crippen LogP contribution in [-0.4, -0.2) is 12.1 Å². The van der Waals surface area contributed by atoms with Crippen LogP contribution in [0.5, 0.6) is 0 Å². The molecule has 0 saturated heterocycles. The Kier molecular flexibility index (Phi) is 4.46. The Balaban J connectivity index is 2.07. The fraction of sp³-hybridized carbons (Fsp3) is 0.462. The van der Waals surface area contributed by atoms with Crippen molar-refractivity contribution in [3.8, 4) is 0 Å². The highest BCUT2D eigenvalue weighted by molar-refractivity contribution is 5.89. The molecular formula is C13H14F4N2O. The van der Waals surface area contributed by atoms with Gasteiger partial charge in [-0.25, -0.2) is 22.4 Å². The van der Waals surface area contributed by atoms with Gasteiger partial charge in [0, 0.05) is 12.1 Å². The van der Waals surface area contributed by atoms with Gasteiger partial charge in [0.15, 0.2) is 23.3 Å². The van der Waals surface area contributed by atoms with Crippen molar-refractivity contribution < 1.29 is 22.4 Å². The van der Waals surface area contributed by atoms with E-state index in [4.69, 9.17) is 0 Å². The molecule has 1 aromatic carbocycles. The zero-order valence-corrected chi connectivity index (χ0v) is 10.6. The molecule has 0 radical (unpaired) electrons. The topological polar surface area (TPSA) is 41.1 Å². The second-order valence-electron chi connectivity index (χ2n) is 4.78. The van der Waals surface area contributed by atoms with Crippen molar-refractivity contribution in [1.82, 2.24) is 5.32 Å². The SMILES string of the molecule is O=C(Nc1c(F)c(F)cc(F)c1F)NC1CCCCC1. The standard InChI is InChI=1S/C13H14F4N2O/c14-8-6-9(15)11(17)12(10(8)16)19-13(20)18-7-4-2-1-3-5-7/h6-7H,1-5H2,(H2,18,19,20). The number of benzene rings is 1. The molecule has 0 atom stereocenters. The van der Waals surface area contributed by atoms with Gasteiger partial charge in [-0.1, -0.05) is 19.3 Å². The number of halogens is 4. The van der Waals surface area contributed by atoms with E-state index in [0.717, 1.165) is 32.1 Å². The van der Waals surface area contributed by atoms with Crippen LogP contribution in [0.2, 0.25) is 0 Å². The van der Waals surface area contributed by atoms with Gasteiger partial charge in [0.25, 0.3) is 0 Å². The summed E-state index contributed by atoms with van der Waals surface area (Å²) in [6, 6.07) is -0.873. The van der Waals surface area contributed by atoms with Gasteiger partial charge >= 0.3 is 6.03 Å². The largest absolute Gasteiger partial charge is 0.335 e. The molecule has 7 heteroatoms. The quantitative estimate of drug-likeness (QED) is 0.633. The fourth-order valence-electron chi connectivity index (χ4n) is 2.26. The predicted molar refractivity (Wildman–Crippen MR) is 65.3 cm³/mol. The highest BCUT2D eigenvalue weighted by Crippen LogP contribution is 2.24. The molecule has 0 spiro atoms. The highest BCUT2D eigenvalue weighted by Gasteiger charge is 2.22. The zero-order chi connectivity index (χ0) is 14.7. The minimum atomic E-state index is -1.62. The first kappa shape index (κ1) is 14.6. The molecular weight excluding hydrogens is 276 g/mol. The number of carbonyl (C=O) groups excluding carboxylic acids is 1. The Morgan fingerprint density at radius 3 is 2.10 bits per heavy atom. The number of carbonyl (C=O) groups is 1. The Labute approximate surface area is 113 Å². The van der Waals surface area contributed by atoms with Crippen molar-refractivity contribution in [2.45, 2.75) is 38.1 Å². The maximum atomic E-state index is 13.4. The molecule has 0 unspecified atom stereocenters. The first-order valence-electron chi connectivity index (χ1n) is 6.39. The summed E-state index contributed by atoms with van der Waals surface area (Å²) in [6.07, 6.45) is 4.55. The molecule has 1 saturated carbocycles. The fourth-order valence-corrected chi connectivity index (χ4v) is 2.26. The second kappa shape index (κ2) is 6.11. The van der Waals surface area contributed by atoms with Crippen molar-refractivity contribution in [2.24, 2.45) is 0 Å². The van der Waals surface area contributed by atoms with Crippen LogP contribution in [0.1, 0.15) is 32.1 Å². The lowest BCUT2D eigenvalue weighted by molar-refractivity contribution is 0.244. The van der Waals surface area contributed by atoms with E-state index in [1.54, 1.807) is 0 Å². The van der Waals surface area contributed by atoms with Crippen molar-refractivity contribution in [3.63, 3.8) is 0 Å². The molecule has 110 valence electrons. The lowest BCUT2D eigenvalue weighted by Gasteiger charge is -2.23. The number of urea groups is 1. The van der Waals surface area contributed by atoms with E-state index in [1.807, 2.05) is 5.32 Å². The summed E-state index contributed by atoms with van der Waals surface area (Å²) in [5, 5.41) is 4.36. The summed E-state index contributed by atoms with van der Waals surface area (Å²) in [7, 11) is 0. The van der Waals surface area contributed by atoms with Crippen LogP contribution in [0, 0.1) is 23.3 Å². The summed E-state index contributed by atoms with van der Waals surface area (Å²) in [5.74, 6) is -6.36. The number of rotatable bonds is 2. The molecule has 20 heavy (non-hydrogen) atoms. The summed E-state index contributed by atoms with van der Waals surface area (Å²) in [4.78, 5) is 11.6. The lowest BCUT2D eigenvalue weighted by Crippen LogP contribution is -2.39. The number of anilines is 1. The maximum absolute atomic E-state index is 13.4. The third-order valence-corrected chi connectivity index (χ3v) is 3.29. The molecule has 2 N–H and O–H groups in total. The molecule has 2 rings (SSSR count). The van der Waals surface area contributed by atoms with E-state index in [2.05, 4.69) is 5.32 Å². The molecule has 3 nitrogen and oxygen atoms in total. The van der Waals surface area contributed by atoms with Crippen LogP contribution < -0.4 is 10.6 Å². The third kappa shape index (κ3) is 3.20. The van der Waals surface area contributed by atoms with Crippen LogP contribution in [0.15, 0.2) is 6.07 Å². The first-order valence-corrected chi connectivity index (χ1v) is 6.39. The summed E-state index contributed by atoms with van der Waals surface area (Å²) < 4.78 is 52.7. The van der Waals surface area contributed by atoms with Gasteiger partial charge in [0.2, 0.25) is 0 Å². The van der Waals surface area contributed by atoms with Crippen LogP contribution in [0.25, 0.3) is 0 Å². The van der Waals surface area contributed by atoms with Gasteiger partial charge in [0.1, 0.15) is 5.69 Å². The minimum Gasteiger partial charge on any atom is -0.335 e. The van der Waals surface area contributed by atoms with Gasteiger partial charge in [-0.2, -0.15) is 0 Å². The lowest BCUT2D eigenvalue weighted by atomic mass is 9.96. The Hall–Kier alpha value is -1.79. The van der Waals surface area contributed by atoms with E-state index in [-0.39, 0.29) is 12.1 Å². The van der Waals surface area contributed by atoms with Gasteiger partial charge in [0.05, 0.1) is 0 Å². The van der Waals surface area contributed by atoms with E-state index in [0.29, 0.717) is 0 Å². The number of hydrogen-bond donors (Lipinski definition) is 2. The van der Waals surface area contributed by atoms with Gasteiger partial charge in [-0.05, 0) is 12.8 Å². The molecule has 1 fully saturated rings. The average Bonchev–Trinajstić information content (AvgIpc) is 2.42. The van der Waals surface area contributed by atoms with Gasteiger partial charge in [-0.15, -0.1) is 0 Å². The van der Waals surface area contributed by atoms with E-state index >= 15 is 0 Å². The van der Waals surface area contributed by atoms with Crippen molar-refractivity contribution in [2.75, 3.05) is 5.32 Å². The number of nitrogens with one attached hydrogen (secondary N) is 2. The van der Waals surface area contributed by atoms with Gasteiger partial charge in [-0.3, -0.25) is 0 Å². The van der Waals surface area contributed by atoms with Crippen LogP contribution in [0.4, 0.5) is 28.0 Å². The van der Waals surface area contributed by atoms with Crippen molar-refractivity contribution in [3.05, 3.63) is 29.3 Å². The first-order chi connectivity index (χ1) is 9.49. The van der Waals surface area contributed by atoms with Crippen LogP contribution >= 0.6 is 0 Å². The monoisotopic (exact) mass is 290 g/mol. The molecule has 2 amide bonds. The van der Waals surface area contributed by atoms with Crippen LogP contribution in [0.3, 0.4) is 0 Å². The summed E-state index contributed by atoms with van der Waals surface area (Å²) in [5.41, 5.74) is -1.11. The summed E-state index contributed by atoms with van der Waals surface area (Å²) >= 11 is 0. The normalized spacial score (nSPS) is 16.0. The molecule has 1 aliphatic carbocycles. The van der Waals surface area contributed by atoms with E-state index < -0.39 is 35.0 Å². The predicted octanol–water partition coefficient (Wildman–Crippen LogP) is 3.70. The summed E-state index contributed by atoms with van der Waals surface area (Å²) in [6.45, 7) is 0. The van der Waals surface area contributed by atoms with E-state index in [9.17, 15) is 22.4 Å². The van der Waals surface area contributed by atoms with Crippen LogP contribution in [-0.2, 0) is 0 Å². The molecule has 0 aliphatic heterocycles. The molecule has 0 aromatic heterocycles. The average molecular weight is 290 g/mol. The molecule has 1 aromatic rings. The molecule has 1 aliphatic rings. The third-order valence-electron chi connectivity index (χ3n) is 3.29. The van der Waals surface area contributed by atoms with E-state index in [1.165, 1.54) is 0 Å². The Morgan fingerprint density at radius 2 is 1.55 bits per heavy atom. The molecule has 0 heterocycles. The second-order valence-corrected chi connectivity index (χ2v) is 4.78. The maximum Gasteiger partial charge on any atom is 0.319 e. The smallest absolute Gasteiger partial charge is 0.319 e. The highest BCUT2D eigenvalue weighted by atomic mass is 19.2. The molecule has 0 bridgehead atoms. The van der Waals surface area contributed by atoms with Crippen molar-refractivity contribution in [1.29, 1.82) is 0 Å². The van der Waals surface area contributed by atoms with Crippen molar-refractivity contribution >= 4 is 11.7 Å². The number of amides is 2. The van der Waals surface area contributed by atoms with Gasteiger partial charge < -0.3 is 10.6 Å². The Bertz CT molecular complexity index is 489. The zero-order valence-electron chi connectivity index (χ0n) is 10.6.